The van der Waals surface area contributed by atoms with Crippen LogP contribution in [0.5, 0.6) is 0 Å². The molecule has 0 aromatic heterocycles. The van der Waals surface area contributed by atoms with Crippen LogP contribution in [0.25, 0.3) is 0 Å². The van der Waals surface area contributed by atoms with Gasteiger partial charge in [0, 0.05) is 6.54 Å². The molecule has 4 nitrogen and oxygen atoms in total. The van der Waals surface area contributed by atoms with Crippen LogP contribution in [0.15, 0.2) is 0 Å². The predicted octanol–water partition coefficient (Wildman–Crippen LogP) is 1.89. The Morgan fingerprint density at radius 3 is 2.44 bits per heavy atom. The smallest absolute Gasteiger partial charge is 0.214 e. The van der Waals surface area contributed by atoms with Crippen LogP contribution in [0.4, 0.5) is 0 Å². The number of nitrogens with two attached hydrogens (primary N) is 1. The Kier molecular flexibility index (Phi) is 6.52. The number of sulfonamides is 1. The molecular weight excluding hydrogens is 268 g/mol. The fourth-order valence-electron chi connectivity index (χ4n) is 2.50. The minimum Gasteiger partial charge on any atom is -0.392 e. The quantitative estimate of drug-likeness (QED) is 0.728. The van der Waals surface area contributed by atoms with E-state index in [1.165, 1.54) is 10.7 Å². The molecule has 1 aliphatic carbocycles. The third-order valence-corrected chi connectivity index (χ3v) is 5.49. The molecule has 0 saturated heterocycles. The number of nitrogens with zero attached hydrogens (tertiary/aromatic N) is 1. The van der Waals surface area contributed by atoms with Crippen molar-refractivity contribution in [3.63, 3.8) is 0 Å². The fraction of sp³-hybridized carbons (Fsp3) is 0.917. The van der Waals surface area contributed by atoms with Crippen LogP contribution in [-0.4, -0.2) is 36.6 Å². The molecule has 0 aromatic carbocycles. The normalized spacial score (nSPS) is 18.1. The van der Waals surface area contributed by atoms with Gasteiger partial charge in [-0.2, -0.15) is 4.31 Å². The molecule has 0 radical (unpaired) electrons. The van der Waals surface area contributed by atoms with Crippen LogP contribution in [-0.2, 0) is 10.0 Å². The van der Waals surface area contributed by atoms with Crippen molar-refractivity contribution >= 4 is 27.2 Å². The summed E-state index contributed by atoms with van der Waals surface area (Å²) in [5, 5.41) is 0. The van der Waals surface area contributed by atoms with Crippen molar-refractivity contribution in [2.75, 3.05) is 18.8 Å². The van der Waals surface area contributed by atoms with E-state index in [1.807, 2.05) is 6.92 Å². The maximum Gasteiger partial charge on any atom is 0.214 e. The highest BCUT2D eigenvalue weighted by molar-refractivity contribution is 7.89. The summed E-state index contributed by atoms with van der Waals surface area (Å²) in [7, 11) is -3.21. The molecule has 2 N–H and O–H groups in total. The Labute approximate surface area is 116 Å². The Morgan fingerprint density at radius 1 is 1.33 bits per heavy atom. The van der Waals surface area contributed by atoms with E-state index < -0.39 is 10.0 Å². The summed E-state index contributed by atoms with van der Waals surface area (Å²) in [5.41, 5.74) is 5.48. The van der Waals surface area contributed by atoms with Gasteiger partial charge < -0.3 is 5.73 Å². The van der Waals surface area contributed by atoms with Gasteiger partial charge in [0.25, 0.3) is 0 Å². The zero-order chi connectivity index (χ0) is 13.6. The van der Waals surface area contributed by atoms with E-state index in [4.69, 9.17) is 18.0 Å². The third kappa shape index (κ3) is 5.20. The lowest BCUT2D eigenvalue weighted by Gasteiger charge is -2.26. The van der Waals surface area contributed by atoms with Crippen molar-refractivity contribution in [3.05, 3.63) is 0 Å². The summed E-state index contributed by atoms with van der Waals surface area (Å²) in [6.07, 6.45) is 6.40. The summed E-state index contributed by atoms with van der Waals surface area (Å²) in [4.78, 5) is 0.246. The molecule has 0 bridgehead atoms. The van der Waals surface area contributed by atoms with Crippen molar-refractivity contribution in [2.45, 2.75) is 45.4 Å². The molecule has 18 heavy (non-hydrogen) atoms. The second-order valence-electron chi connectivity index (χ2n) is 5.08. The molecule has 0 amide bonds. The summed E-state index contributed by atoms with van der Waals surface area (Å²) >= 11 is 4.83. The van der Waals surface area contributed by atoms with E-state index in [-0.39, 0.29) is 17.3 Å². The molecule has 1 aliphatic rings. The molecule has 0 aliphatic heterocycles. The van der Waals surface area contributed by atoms with Gasteiger partial charge in [0.15, 0.2) is 0 Å². The standard InChI is InChI=1S/C12H24N2O2S2/c1-2-8-14(9-12(13)17)18(15,16)10-11-6-4-3-5-7-11/h11H,2-10H2,1H3,(H2,13,17). The lowest BCUT2D eigenvalue weighted by molar-refractivity contribution is 0.372. The SMILES string of the molecule is CCCN(CC(N)=S)S(=O)(=O)CC1CCCCC1. The van der Waals surface area contributed by atoms with Gasteiger partial charge in [-0.15, -0.1) is 0 Å². The second kappa shape index (κ2) is 7.40. The molecule has 1 rings (SSSR count). The molecule has 0 spiro atoms. The first kappa shape index (κ1) is 15.9. The highest BCUT2D eigenvalue weighted by Gasteiger charge is 2.27. The summed E-state index contributed by atoms with van der Waals surface area (Å²) < 4.78 is 26.1. The number of rotatable bonds is 7. The predicted molar refractivity (Wildman–Crippen MR) is 79.0 cm³/mol. The highest BCUT2D eigenvalue weighted by Crippen LogP contribution is 2.25. The number of thiocarbonyl (C=S) groups is 1. The summed E-state index contributed by atoms with van der Waals surface area (Å²) in [5.74, 6) is 0.574. The number of hydrogen-bond acceptors (Lipinski definition) is 3. The van der Waals surface area contributed by atoms with Gasteiger partial charge >= 0.3 is 0 Å². The molecule has 0 aromatic rings. The molecule has 1 fully saturated rings. The van der Waals surface area contributed by atoms with Crippen LogP contribution in [0.1, 0.15) is 45.4 Å². The fourth-order valence-corrected chi connectivity index (χ4v) is 4.67. The monoisotopic (exact) mass is 292 g/mol. The van der Waals surface area contributed by atoms with Crippen LogP contribution in [0.3, 0.4) is 0 Å². The Hall–Kier alpha value is -0.200. The van der Waals surface area contributed by atoms with Gasteiger partial charge in [-0.05, 0) is 25.2 Å². The van der Waals surface area contributed by atoms with Crippen molar-refractivity contribution in [3.8, 4) is 0 Å². The van der Waals surface area contributed by atoms with Crippen molar-refractivity contribution in [2.24, 2.45) is 11.7 Å². The molecular formula is C12H24N2O2S2. The van der Waals surface area contributed by atoms with Gasteiger partial charge in [0.2, 0.25) is 10.0 Å². The maximum absolute atomic E-state index is 12.3. The zero-order valence-electron chi connectivity index (χ0n) is 11.1. The maximum atomic E-state index is 12.3. The minimum atomic E-state index is -3.21. The van der Waals surface area contributed by atoms with E-state index in [0.29, 0.717) is 12.5 Å². The molecule has 0 unspecified atom stereocenters. The zero-order valence-corrected chi connectivity index (χ0v) is 12.7. The molecule has 0 atom stereocenters. The Bertz CT molecular complexity index is 362. The molecule has 1 saturated carbocycles. The molecule has 0 heterocycles. The van der Waals surface area contributed by atoms with E-state index in [2.05, 4.69) is 0 Å². The van der Waals surface area contributed by atoms with Crippen LogP contribution >= 0.6 is 12.2 Å². The Morgan fingerprint density at radius 2 is 1.94 bits per heavy atom. The summed E-state index contributed by atoms with van der Waals surface area (Å²) in [6, 6.07) is 0. The summed E-state index contributed by atoms with van der Waals surface area (Å²) in [6.45, 7) is 2.65. The van der Waals surface area contributed by atoms with Crippen molar-refractivity contribution < 1.29 is 8.42 Å². The minimum absolute atomic E-state index is 0.179. The van der Waals surface area contributed by atoms with Crippen LogP contribution < -0.4 is 5.73 Å². The van der Waals surface area contributed by atoms with E-state index in [9.17, 15) is 8.42 Å². The second-order valence-corrected chi connectivity index (χ2v) is 7.62. The lowest BCUT2D eigenvalue weighted by Crippen LogP contribution is -2.41. The first-order chi connectivity index (χ1) is 8.45. The lowest BCUT2D eigenvalue weighted by atomic mass is 9.91. The molecule has 106 valence electrons. The highest BCUT2D eigenvalue weighted by atomic mass is 32.2. The third-order valence-electron chi connectivity index (χ3n) is 3.37. The van der Waals surface area contributed by atoms with Gasteiger partial charge in [0.05, 0.1) is 17.3 Å². The average Bonchev–Trinajstić information content (AvgIpc) is 2.28. The largest absolute Gasteiger partial charge is 0.392 e. The van der Waals surface area contributed by atoms with Crippen molar-refractivity contribution in [1.82, 2.24) is 4.31 Å². The average molecular weight is 292 g/mol. The number of hydrogen-bond donors (Lipinski definition) is 1. The van der Waals surface area contributed by atoms with Gasteiger partial charge in [-0.3, -0.25) is 0 Å². The topological polar surface area (TPSA) is 63.4 Å². The van der Waals surface area contributed by atoms with Gasteiger partial charge in [-0.1, -0.05) is 38.4 Å². The van der Waals surface area contributed by atoms with Crippen LogP contribution in [0.2, 0.25) is 0 Å². The van der Waals surface area contributed by atoms with E-state index in [1.54, 1.807) is 0 Å². The molecule has 6 heteroatoms. The van der Waals surface area contributed by atoms with Gasteiger partial charge in [0.1, 0.15) is 0 Å². The van der Waals surface area contributed by atoms with Gasteiger partial charge in [-0.25, -0.2) is 8.42 Å². The first-order valence-corrected chi connectivity index (χ1v) is 8.73. The Balaban J connectivity index is 2.64. The van der Waals surface area contributed by atoms with E-state index in [0.717, 1.165) is 32.1 Å². The first-order valence-electron chi connectivity index (χ1n) is 6.72. The van der Waals surface area contributed by atoms with Crippen molar-refractivity contribution in [1.29, 1.82) is 0 Å². The van der Waals surface area contributed by atoms with E-state index >= 15 is 0 Å². The van der Waals surface area contributed by atoms with Crippen LogP contribution in [0, 0.1) is 5.92 Å².